The van der Waals surface area contributed by atoms with E-state index in [1.54, 1.807) is 12.1 Å². The molecular formula is C9H8INO2. The fourth-order valence-electron chi connectivity index (χ4n) is 0.955. The lowest BCUT2D eigenvalue weighted by molar-refractivity contribution is 0.111. The largest absolute Gasteiger partial charge is 0.488 e. The molecule has 0 atom stereocenters. The Morgan fingerprint density at radius 1 is 1.54 bits per heavy atom. The molecule has 68 valence electrons. The van der Waals surface area contributed by atoms with Crippen LogP contribution in [0.15, 0.2) is 12.1 Å². The van der Waals surface area contributed by atoms with Crippen LogP contribution in [0.4, 0.5) is 0 Å². The topological polar surface area (TPSA) is 39.2 Å². The fourth-order valence-corrected chi connectivity index (χ4v) is 1.54. The smallest absolute Gasteiger partial charge is 0.168 e. The summed E-state index contributed by atoms with van der Waals surface area (Å²) in [5.74, 6) is 0.786. The highest BCUT2D eigenvalue weighted by Crippen LogP contribution is 2.28. The van der Waals surface area contributed by atoms with Crippen molar-refractivity contribution >= 4 is 28.9 Å². The van der Waals surface area contributed by atoms with E-state index < -0.39 is 0 Å². The Labute approximate surface area is 89.6 Å². The van der Waals surface area contributed by atoms with Gasteiger partial charge in [-0.3, -0.25) is 4.79 Å². The number of rotatable bonds is 3. The Morgan fingerprint density at radius 2 is 2.31 bits per heavy atom. The van der Waals surface area contributed by atoms with E-state index in [1.165, 1.54) is 0 Å². The lowest BCUT2D eigenvalue weighted by Gasteiger charge is -2.05. The van der Waals surface area contributed by atoms with E-state index >= 15 is 0 Å². The molecule has 0 amide bonds. The van der Waals surface area contributed by atoms with Gasteiger partial charge in [-0.2, -0.15) is 0 Å². The first-order valence-corrected chi connectivity index (χ1v) is 5.16. The van der Waals surface area contributed by atoms with Crippen LogP contribution in [0.3, 0.4) is 0 Å². The number of hydrogen-bond acceptors (Lipinski definition) is 3. The highest BCUT2D eigenvalue weighted by molar-refractivity contribution is 14.1. The zero-order chi connectivity index (χ0) is 9.26. The third-order valence-electron chi connectivity index (χ3n) is 1.77. The number of aldehydes is 1. The maximum atomic E-state index is 10.4. The Kier molecular flexibility index (Phi) is 2.48. The molecule has 2 rings (SSSR count). The number of hydrogen-bond donors (Lipinski definition) is 0. The quantitative estimate of drug-likeness (QED) is 0.485. The van der Waals surface area contributed by atoms with Gasteiger partial charge in [0, 0.05) is 0 Å². The summed E-state index contributed by atoms with van der Waals surface area (Å²) in [5, 5.41) is 0. The Morgan fingerprint density at radius 3 is 2.85 bits per heavy atom. The van der Waals surface area contributed by atoms with Gasteiger partial charge in [-0.15, -0.1) is 0 Å². The molecule has 3 nitrogen and oxygen atoms in total. The van der Waals surface area contributed by atoms with Gasteiger partial charge in [0.05, 0.1) is 6.10 Å². The van der Waals surface area contributed by atoms with E-state index in [1.807, 2.05) is 0 Å². The highest BCUT2D eigenvalue weighted by atomic mass is 127. The molecule has 1 aromatic heterocycles. The van der Waals surface area contributed by atoms with Crippen LogP contribution in [0.2, 0.25) is 0 Å². The van der Waals surface area contributed by atoms with Gasteiger partial charge < -0.3 is 4.74 Å². The van der Waals surface area contributed by atoms with Crippen LogP contribution >= 0.6 is 22.6 Å². The predicted octanol–water partition coefficient (Wildman–Crippen LogP) is 2.04. The van der Waals surface area contributed by atoms with Crippen molar-refractivity contribution in [2.45, 2.75) is 18.9 Å². The highest BCUT2D eigenvalue weighted by Gasteiger charge is 2.24. The van der Waals surface area contributed by atoms with Gasteiger partial charge in [0.2, 0.25) is 0 Å². The van der Waals surface area contributed by atoms with Gasteiger partial charge >= 0.3 is 0 Å². The van der Waals surface area contributed by atoms with Gasteiger partial charge in [-0.25, -0.2) is 4.98 Å². The van der Waals surface area contributed by atoms with E-state index in [2.05, 4.69) is 27.6 Å². The number of carbonyl (C=O) groups is 1. The maximum Gasteiger partial charge on any atom is 0.168 e. The molecule has 0 unspecified atom stereocenters. The summed E-state index contributed by atoms with van der Waals surface area (Å²) in [6.07, 6.45) is 3.37. The monoisotopic (exact) mass is 289 g/mol. The van der Waals surface area contributed by atoms with Crippen LogP contribution in [-0.4, -0.2) is 17.4 Å². The normalized spacial score (nSPS) is 15.5. The number of halogens is 1. The van der Waals surface area contributed by atoms with Crippen molar-refractivity contribution in [2.75, 3.05) is 0 Å². The minimum absolute atomic E-state index is 0.373. The third-order valence-corrected chi connectivity index (χ3v) is 2.55. The molecular weight excluding hydrogens is 281 g/mol. The average Bonchev–Trinajstić information content (AvgIpc) is 2.92. The number of aromatic nitrogens is 1. The number of nitrogens with zero attached hydrogens (tertiary/aromatic N) is 1. The standard InChI is InChI=1S/C9H8INO2/c10-9-8(13-7-2-3-7)4-1-6(5-12)11-9/h1,4-5,7H,2-3H2. The van der Waals surface area contributed by atoms with Crippen molar-refractivity contribution in [1.29, 1.82) is 0 Å². The van der Waals surface area contributed by atoms with Crippen LogP contribution in [0.1, 0.15) is 23.3 Å². The fraction of sp³-hybridized carbons (Fsp3) is 0.333. The maximum absolute atomic E-state index is 10.4. The molecule has 1 aliphatic carbocycles. The van der Waals surface area contributed by atoms with Crippen LogP contribution in [-0.2, 0) is 0 Å². The summed E-state index contributed by atoms with van der Waals surface area (Å²) in [6, 6.07) is 3.48. The Hall–Kier alpha value is -0.650. The van der Waals surface area contributed by atoms with E-state index in [0.29, 0.717) is 11.8 Å². The number of pyridine rings is 1. The van der Waals surface area contributed by atoms with Crippen molar-refractivity contribution in [2.24, 2.45) is 0 Å². The van der Waals surface area contributed by atoms with Crippen molar-refractivity contribution in [1.82, 2.24) is 4.98 Å². The molecule has 1 aliphatic rings. The molecule has 0 aromatic carbocycles. The molecule has 13 heavy (non-hydrogen) atoms. The van der Waals surface area contributed by atoms with Crippen LogP contribution < -0.4 is 4.74 Å². The second-order valence-corrected chi connectivity index (χ2v) is 3.98. The summed E-state index contributed by atoms with van der Waals surface area (Å²) in [4.78, 5) is 14.5. The zero-order valence-corrected chi connectivity index (χ0v) is 9.02. The summed E-state index contributed by atoms with van der Waals surface area (Å²) >= 11 is 2.08. The Balaban J connectivity index is 2.20. The lowest BCUT2D eigenvalue weighted by Crippen LogP contribution is -2.00. The summed E-state index contributed by atoms with van der Waals surface area (Å²) in [6.45, 7) is 0. The number of carbonyl (C=O) groups excluding carboxylic acids is 1. The predicted molar refractivity (Wildman–Crippen MR) is 56.0 cm³/mol. The molecule has 0 saturated heterocycles. The van der Waals surface area contributed by atoms with E-state index in [0.717, 1.165) is 28.6 Å². The second-order valence-electron chi connectivity index (χ2n) is 2.96. The first-order chi connectivity index (χ1) is 6.29. The molecule has 1 heterocycles. The average molecular weight is 289 g/mol. The summed E-state index contributed by atoms with van der Waals surface area (Å²) in [5.41, 5.74) is 0.451. The van der Waals surface area contributed by atoms with Gasteiger partial charge in [-0.1, -0.05) is 0 Å². The van der Waals surface area contributed by atoms with Gasteiger partial charge in [0.15, 0.2) is 12.0 Å². The Bertz CT molecular complexity index is 336. The zero-order valence-electron chi connectivity index (χ0n) is 6.87. The first kappa shape index (κ1) is 8.93. The molecule has 1 fully saturated rings. The second kappa shape index (κ2) is 3.61. The van der Waals surface area contributed by atoms with Gasteiger partial charge in [-0.05, 0) is 47.6 Å². The molecule has 0 bridgehead atoms. The van der Waals surface area contributed by atoms with Crippen molar-refractivity contribution in [3.63, 3.8) is 0 Å². The van der Waals surface area contributed by atoms with Crippen molar-refractivity contribution in [3.8, 4) is 5.75 Å². The molecule has 0 spiro atoms. The SMILES string of the molecule is O=Cc1ccc(OC2CC2)c(I)n1. The molecule has 0 N–H and O–H groups in total. The van der Waals surface area contributed by atoms with E-state index in [9.17, 15) is 4.79 Å². The van der Waals surface area contributed by atoms with E-state index in [-0.39, 0.29) is 0 Å². The lowest BCUT2D eigenvalue weighted by atomic mass is 10.4. The van der Waals surface area contributed by atoms with Crippen molar-refractivity contribution < 1.29 is 9.53 Å². The molecule has 0 radical (unpaired) electrons. The van der Waals surface area contributed by atoms with Gasteiger partial charge in [0.25, 0.3) is 0 Å². The minimum atomic E-state index is 0.373. The number of ether oxygens (including phenoxy) is 1. The molecule has 1 saturated carbocycles. The van der Waals surface area contributed by atoms with Crippen LogP contribution in [0, 0.1) is 3.70 Å². The first-order valence-electron chi connectivity index (χ1n) is 4.08. The van der Waals surface area contributed by atoms with Crippen LogP contribution in [0.25, 0.3) is 0 Å². The molecule has 0 aliphatic heterocycles. The summed E-state index contributed by atoms with van der Waals surface area (Å²) in [7, 11) is 0. The summed E-state index contributed by atoms with van der Waals surface area (Å²) < 4.78 is 6.33. The molecule has 1 aromatic rings. The van der Waals surface area contributed by atoms with Crippen molar-refractivity contribution in [3.05, 3.63) is 21.5 Å². The molecule has 4 heteroatoms. The van der Waals surface area contributed by atoms with E-state index in [4.69, 9.17) is 4.74 Å². The van der Waals surface area contributed by atoms with Gasteiger partial charge in [0.1, 0.15) is 9.39 Å². The minimum Gasteiger partial charge on any atom is -0.488 e. The van der Waals surface area contributed by atoms with Crippen LogP contribution in [0.5, 0.6) is 5.75 Å². The third kappa shape index (κ3) is 2.18.